The first kappa shape index (κ1) is 12.6. The largest absolute Gasteiger partial charge is 0.296 e. The van der Waals surface area contributed by atoms with E-state index in [0.717, 1.165) is 5.56 Å². The zero-order valence-electron chi connectivity index (χ0n) is 9.92. The molecule has 1 fully saturated rings. The van der Waals surface area contributed by atoms with Crippen molar-refractivity contribution in [3.8, 4) is 0 Å². The Morgan fingerprint density at radius 1 is 1.35 bits per heavy atom. The van der Waals surface area contributed by atoms with Crippen molar-refractivity contribution < 1.29 is 4.79 Å². The zero-order valence-corrected chi connectivity index (χ0v) is 11.6. The molecule has 1 aromatic carbocycles. The van der Waals surface area contributed by atoms with Gasteiger partial charge < -0.3 is 0 Å². The van der Waals surface area contributed by atoms with Gasteiger partial charge in [0, 0.05) is 6.54 Å². The maximum Gasteiger partial charge on any atom is 0.246 e. The Morgan fingerprint density at radius 3 is 2.59 bits per heavy atom. The second-order valence-corrected chi connectivity index (χ2v) is 6.26. The lowest BCUT2D eigenvalue weighted by molar-refractivity contribution is -0.126. The van der Waals surface area contributed by atoms with Crippen LogP contribution in [0.15, 0.2) is 30.3 Å². The molecule has 0 aromatic heterocycles. The van der Waals surface area contributed by atoms with Crippen molar-refractivity contribution in [2.45, 2.75) is 19.1 Å². The Balaban J connectivity index is 2.19. The Kier molecular flexibility index (Phi) is 3.84. The van der Waals surface area contributed by atoms with Gasteiger partial charge in [0.15, 0.2) is 0 Å². The Labute approximate surface area is 111 Å². The number of hydrogen-bond donors (Lipinski definition) is 0. The van der Waals surface area contributed by atoms with Crippen molar-refractivity contribution >= 4 is 34.2 Å². The summed E-state index contributed by atoms with van der Waals surface area (Å²) in [5.41, 5.74) is 1.04. The zero-order chi connectivity index (χ0) is 12.4. The Hall–Kier alpha value is -0.870. The number of thioether (sulfide) groups is 1. The molecule has 0 radical (unpaired) electrons. The van der Waals surface area contributed by atoms with Crippen molar-refractivity contribution in [3.05, 3.63) is 35.9 Å². The number of benzene rings is 1. The van der Waals surface area contributed by atoms with Crippen LogP contribution in [-0.2, 0) is 4.79 Å². The number of hydrogen-bond acceptors (Lipinski definition) is 3. The van der Waals surface area contributed by atoms with E-state index in [4.69, 9.17) is 12.2 Å². The molecule has 1 atom stereocenters. The highest BCUT2D eigenvalue weighted by atomic mass is 32.2. The van der Waals surface area contributed by atoms with Crippen LogP contribution in [0.2, 0.25) is 0 Å². The second-order valence-electron chi connectivity index (χ2n) is 4.52. The number of rotatable bonds is 3. The van der Waals surface area contributed by atoms with Crippen molar-refractivity contribution in [3.63, 3.8) is 0 Å². The molecule has 2 rings (SSSR count). The minimum atomic E-state index is -0.151. The summed E-state index contributed by atoms with van der Waals surface area (Å²) >= 11 is 6.77. The summed E-state index contributed by atoms with van der Waals surface area (Å²) in [6.45, 7) is 4.90. The summed E-state index contributed by atoms with van der Waals surface area (Å²) in [6, 6.07) is 9.83. The van der Waals surface area contributed by atoms with Gasteiger partial charge in [-0.3, -0.25) is 9.69 Å². The summed E-state index contributed by atoms with van der Waals surface area (Å²) in [5, 5.41) is -0.151. The number of carbonyl (C=O) groups excluding carboxylic acids is 1. The lowest BCUT2D eigenvalue weighted by Gasteiger charge is -2.17. The van der Waals surface area contributed by atoms with E-state index in [1.807, 2.05) is 30.3 Å². The van der Waals surface area contributed by atoms with E-state index < -0.39 is 0 Å². The maximum absolute atomic E-state index is 12.3. The van der Waals surface area contributed by atoms with Crippen molar-refractivity contribution in [2.24, 2.45) is 5.92 Å². The van der Waals surface area contributed by atoms with Crippen LogP contribution in [0.5, 0.6) is 0 Å². The number of carbonyl (C=O) groups is 1. The van der Waals surface area contributed by atoms with E-state index in [1.165, 1.54) is 11.8 Å². The third kappa shape index (κ3) is 2.69. The van der Waals surface area contributed by atoms with Gasteiger partial charge in [0.05, 0.1) is 0 Å². The van der Waals surface area contributed by atoms with Crippen LogP contribution in [-0.4, -0.2) is 21.7 Å². The SMILES string of the molecule is CC(C)CN1C(=O)[C@H](c2ccccc2)SC1=S. The summed E-state index contributed by atoms with van der Waals surface area (Å²) in [5.74, 6) is 0.562. The van der Waals surface area contributed by atoms with Crippen LogP contribution < -0.4 is 0 Å². The standard InChI is InChI=1S/C13H15NOS2/c1-9(2)8-14-12(15)11(17-13(14)16)10-6-4-3-5-7-10/h3-7,9,11H,8H2,1-2H3/t11-/m0/s1. The third-order valence-electron chi connectivity index (χ3n) is 2.58. The molecule has 1 aromatic rings. The molecule has 1 aliphatic heterocycles. The molecule has 4 heteroatoms. The van der Waals surface area contributed by atoms with E-state index in [1.54, 1.807) is 4.90 Å². The van der Waals surface area contributed by atoms with Gasteiger partial charge in [-0.1, -0.05) is 68.2 Å². The minimum Gasteiger partial charge on any atom is -0.296 e. The van der Waals surface area contributed by atoms with Crippen LogP contribution in [0.4, 0.5) is 0 Å². The first-order chi connectivity index (χ1) is 8.09. The van der Waals surface area contributed by atoms with Gasteiger partial charge in [-0.05, 0) is 11.5 Å². The van der Waals surface area contributed by atoms with Crippen molar-refractivity contribution in [1.82, 2.24) is 4.90 Å². The molecule has 0 N–H and O–H groups in total. The van der Waals surface area contributed by atoms with E-state index in [0.29, 0.717) is 16.8 Å². The van der Waals surface area contributed by atoms with Crippen LogP contribution >= 0.6 is 24.0 Å². The Bertz CT molecular complexity index is 430. The van der Waals surface area contributed by atoms with Gasteiger partial charge in [0.1, 0.15) is 9.57 Å². The van der Waals surface area contributed by atoms with E-state index in [2.05, 4.69) is 13.8 Å². The summed E-state index contributed by atoms with van der Waals surface area (Å²) in [7, 11) is 0. The average Bonchev–Trinajstić information content (AvgIpc) is 2.58. The molecule has 1 heterocycles. The molecule has 0 saturated carbocycles. The molecule has 0 bridgehead atoms. The molecule has 1 aliphatic rings. The fourth-order valence-electron chi connectivity index (χ4n) is 1.81. The lowest BCUT2D eigenvalue weighted by atomic mass is 10.1. The van der Waals surface area contributed by atoms with E-state index >= 15 is 0 Å². The predicted molar refractivity (Wildman–Crippen MR) is 75.9 cm³/mol. The molecular formula is C13H15NOS2. The first-order valence-electron chi connectivity index (χ1n) is 5.66. The summed E-state index contributed by atoms with van der Waals surface area (Å²) < 4.78 is 0.706. The number of nitrogens with zero attached hydrogens (tertiary/aromatic N) is 1. The summed E-state index contributed by atoms with van der Waals surface area (Å²) in [4.78, 5) is 14.0. The average molecular weight is 265 g/mol. The van der Waals surface area contributed by atoms with E-state index in [-0.39, 0.29) is 11.2 Å². The quantitative estimate of drug-likeness (QED) is 0.783. The van der Waals surface area contributed by atoms with Crippen LogP contribution in [0.25, 0.3) is 0 Å². The lowest BCUT2D eigenvalue weighted by Crippen LogP contribution is -2.32. The molecule has 0 aliphatic carbocycles. The molecule has 1 saturated heterocycles. The predicted octanol–water partition coefficient (Wildman–Crippen LogP) is 3.24. The van der Waals surface area contributed by atoms with Crippen LogP contribution in [0, 0.1) is 5.92 Å². The highest BCUT2D eigenvalue weighted by Gasteiger charge is 2.37. The van der Waals surface area contributed by atoms with Gasteiger partial charge in [-0.15, -0.1) is 0 Å². The summed E-state index contributed by atoms with van der Waals surface area (Å²) in [6.07, 6.45) is 0. The maximum atomic E-state index is 12.3. The van der Waals surface area contributed by atoms with Gasteiger partial charge in [-0.2, -0.15) is 0 Å². The van der Waals surface area contributed by atoms with Crippen molar-refractivity contribution in [2.75, 3.05) is 6.54 Å². The molecule has 1 amide bonds. The molecule has 0 unspecified atom stereocenters. The fraction of sp³-hybridized carbons (Fsp3) is 0.385. The molecule has 90 valence electrons. The topological polar surface area (TPSA) is 20.3 Å². The van der Waals surface area contributed by atoms with E-state index in [9.17, 15) is 4.79 Å². The van der Waals surface area contributed by atoms with Gasteiger partial charge >= 0.3 is 0 Å². The smallest absolute Gasteiger partial charge is 0.246 e. The highest BCUT2D eigenvalue weighted by Crippen LogP contribution is 2.39. The van der Waals surface area contributed by atoms with Gasteiger partial charge in [-0.25, -0.2) is 0 Å². The third-order valence-corrected chi connectivity index (χ3v) is 4.22. The van der Waals surface area contributed by atoms with Gasteiger partial charge in [0.25, 0.3) is 0 Å². The normalized spacial score (nSPS) is 20.4. The van der Waals surface area contributed by atoms with Gasteiger partial charge in [0.2, 0.25) is 5.91 Å². The van der Waals surface area contributed by atoms with Crippen LogP contribution in [0.3, 0.4) is 0 Å². The second kappa shape index (κ2) is 5.19. The fourth-order valence-corrected chi connectivity index (χ4v) is 3.28. The van der Waals surface area contributed by atoms with Crippen LogP contribution in [0.1, 0.15) is 24.7 Å². The highest BCUT2D eigenvalue weighted by molar-refractivity contribution is 8.24. The van der Waals surface area contributed by atoms with Crippen molar-refractivity contribution in [1.29, 1.82) is 0 Å². The molecule has 2 nitrogen and oxygen atoms in total. The number of thiocarbonyl (C=S) groups is 1. The molecular weight excluding hydrogens is 250 g/mol. The molecule has 17 heavy (non-hydrogen) atoms. The monoisotopic (exact) mass is 265 g/mol. The minimum absolute atomic E-state index is 0.125. The first-order valence-corrected chi connectivity index (χ1v) is 6.95. The Morgan fingerprint density at radius 2 is 2.00 bits per heavy atom. The molecule has 0 spiro atoms. The number of amides is 1.